The van der Waals surface area contributed by atoms with E-state index in [-0.39, 0.29) is 0 Å². The van der Waals surface area contributed by atoms with Gasteiger partial charge in [-0.05, 0) is 0 Å². The molecule has 0 N–H and O–H groups in total. The number of rotatable bonds is 2. The van der Waals surface area contributed by atoms with Crippen LogP contribution in [0.4, 0.5) is 0 Å². The van der Waals surface area contributed by atoms with Crippen LogP contribution in [-0.4, -0.2) is 49.8 Å². The first-order valence-electron chi connectivity index (χ1n) is 3.28. The molecule has 0 unspecified atom stereocenters. The van der Waals surface area contributed by atoms with Gasteiger partial charge in [0.2, 0.25) is 0 Å². The summed E-state index contributed by atoms with van der Waals surface area (Å²) in [6.45, 7) is 2.97. The number of hydrogen-bond acceptors (Lipinski definition) is 3. The topological polar surface area (TPSA) is 32.8 Å². The highest BCUT2D eigenvalue weighted by Crippen LogP contribution is 1.97. The van der Waals surface area contributed by atoms with E-state index in [0.29, 0.717) is 13.2 Å². The van der Waals surface area contributed by atoms with Crippen molar-refractivity contribution >= 4 is 6.41 Å². The lowest BCUT2D eigenvalue weighted by Crippen LogP contribution is -2.46. The summed E-state index contributed by atoms with van der Waals surface area (Å²) in [4.78, 5) is 10.1. The Hall–Kier alpha value is -0.610. The van der Waals surface area contributed by atoms with E-state index in [4.69, 9.17) is 4.74 Å². The number of nitrogens with zero attached hydrogens (tertiary/aromatic N) is 2. The molecule has 1 radical (unpaired) electrons. The van der Waals surface area contributed by atoms with Crippen molar-refractivity contribution in [2.75, 3.05) is 33.4 Å². The molecule has 0 aromatic rings. The highest BCUT2D eigenvalue weighted by atomic mass is 16.5. The third kappa shape index (κ3) is 1.68. The molecular weight excluding hydrogens is 132 g/mol. The summed E-state index contributed by atoms with van der Waals surface area (Å²) < 4.78 is 5.10. The molecule has 4 heteroatoms. The molecule has 1 rings (SSSR count). The number of amides is 1. The fourth-order valence-corrected chi connectivity index (χ4v) is 0.911. The van der Waals surface area contributed by atoms with Crippen LogP contribution in [0.15, 0.2) is 0 Å². The molecule has 1 aliphatic heterocycles. The molecule has 1 aliphatic rings. The quantitative estimate of drug-likeness (QED) is 0.476. The minimum Gasteiger partial charge on any atom is -0.379 e. The molecule has 0 bridgehead atoms. The Kier molecular flexibility index (Phi) is 2.65. The predicted octanol–water partition coefficient (Wildman–Crippen LogP) is -0.767. The van der Waals surface area contributed by atoms with E-state index < -0.39 is 0 Å². The van der Waals surface area contributed by atoms with E-state index in [1.165, 1.54) is 5.01 Å². The van der Waals surface area contributed by atoms with Crippen molar-refractivity contribution in [1.29, 1.82) is 0 Å². The number of hydrazine groups is 1. The standard InChI is InChI=1S/C6H11N2O2/c1-7(6-9)8-2-4-10-5-3-8/h2-5H2,1H3. The summed E-state index contributed by atoms with van der Waals surface area (Å²) in [5.74, 6) is 0. The van der Waals surface area contributed by atoms with Crippen LogP contribution in [-0.2, 0) is 9.53 Å². The van der Waals surface area contributed by atoms with E-state index in [1.807, 2.05) is 5.01 Å². The van der Waals surface area contributed by atoms with Crippen LogP contribution in [0.1, 0.15) is 0 Å². The molecule has 1 fully saturated rings. The summed E-state index contributed by atoms with van der Waals surface area (Å²) in [7, 11) is 1.69. The molecule has 0 saturated carbocycles. The van der Waals surface area contributed by atoms with Gasteiger partial charge in [0.1, 0.15) is 0 Å². The van der Waals surface area contributed by atoms with Crippen molar-refractivity contribution in [3.05, 3.63) is 0 Å². The van der Waals surface area contributed by atoms with Crippen molar-refractivity contribution in [2.45, 2.75) is 0 Å². The van der Waals surface area contributed by atoms with Gasteiger partial charge in [-0.3, -0.25) is 9.80 Å². The zero-order valence-electron chi connectivity index (χ0n) is 6.04. The van der Waals surface area contributed by atoms with Gasteiger partial charge in [-0.1, -0.05) is 0 Å². The predicted molar refractivity (Wildman–Crippen MR) is 35.8 cm³/mol. The Morgan fingerprint density at radius 1 is 1.50 bits per heavy atom. The smallest absolute Gasteiger partial charge is 0.327 e. The molecular formula is C6H11N2O2. The third-order valence-electron chi connectivity index (χ3n) is 1.54. The van der Waals surface area contributed by atoms with Gasteiger partial charge < -0.3 is 4.74 Å². The first-order chi connectivity index (χ1) is 4.84. The van der Waals surface area contributed by atoms with Crippen molar-refractivity contribution < 1.29 is 9.53 Å². The van der Waals surface area contributed by atoms with E-state index in [1.54, 1.807) is 13.5 Å². The minimum atomic E-state index is 0.700. The maximum Gasteiger partial charge on any atom is 0.327 e. The molecule has 1 saturated heterocycles. The third-order valence-corrected chi connectivity index (χ3v) is 1.54. The van der Waals surface area contributed by atoms with Crippen LogP contribution in [0.2, 0.25) is 0 Å². The first-order valence-corrected chi connectivity index (χ1v) is 3.28. The average Bonchev–Trinajstić information content (AvgIpc) is 2.05. The van der Waals surface area contributed by atoms with Crippen molar-refractivity contribution in [1.82, 2.24) is 10.0 Å². The molecule has 10 heavy (non-hydrogen) atoms. The minimum absolute atomic E-state index is 0.700. The summed E-state index contributed by atoms with van der Waals surface area (Å²) in [6.07, 6.45) is 1.79. The Morgan fingerprint density at radius 2 is 2.10 bits per heavy atom. The Bertz CT molecular complexity index is 112. The molecule has 57 valence electrons. The highest BCUT2D eigenvalue weighted by molar-refractivity contribution is 5.46. The Labute approximate surface area is 60.3 Å². The molecule has 0 aliphatic carbocycles. The summed E-state index contributed by atoms with van der Waals surface area (Å²) >= 11 is 0. The lowest BCUT2D eigenvalue weighted by Gasteiger charge is -2.31. The maximum atomic E-state index is 10.1. The molecule has 0 aromatic heterocycles. The van der Waals surface area contributed by atoms with Crippen LogP contribution < -0.4 is 0 Å². The fraction of sp³-hybridized carbons (Fsp3) is 0.833. The van der Waals surface area contributed by atoms with Crippen molar-refractivity contribution in [3.8, 4) is 0 Å². The van der Waals surface area contributed by atoms with Crippen LogP contribution in [0, 0.1) is 0 Å². The first kappa shape index (κ1) is 7.50. The summed E-state index contributed by atoms with van der Waals surface area (Å²) in [5.41, 5.74) is 0. The van der Waals surface area contributed by atoms with E-state index >= 15 is 0 Å². The van der Waals surface area contributed by atoms with Crippen molar-refractivity contribution in [3.63, 3.8) is 0 Å². The van der Waals surface area contributed by atoms with E-state index in [0.717, 1.165) is 13.1 Å². The lowest BCUT2D eigenvalue weighted by atomic mass is 10.5. The monoisotopic (exact) mass is 143 g/mol. The number of hydrogen-bond donors (Lipinski definition) is 0. The second kappa shape index (κ2) is 3.53. The fourth-order valence-electron chi connectivity index (χ4n) is 0.911. The second-order valence-electron chi connectivity index (χ2n) is 2.18. The zero-order valence-corrected chi connectivity index (χ0v) is 6.04. The van der Waals surface area contributed by atoms with Gasteiger partial charge in [0.25, 0.3) is 0 Å². The molecule has 0 atom stereocenters. The Balaban J connectivity index is 2.30. The number of morpholine rings is 1. The van der Waals surface area contributed by atoms with E-state index in [9.17, 15) is 4.79 Å². The van der Waals surface area contributed by atoms with Crippen LogP contribution >= 0.6 is 0 Å². The van der Waals surface area contributed by atoms with Gasteiger partial charge in [-0.25, -0.2) is 5.01 Å². The summed E-state index contributed by atoms with van der Waals surface area (Å²) in [6, 6.07) is 0. The van der Waals surface area contributed by atoms with Crippen molar-refractivity contribution in [2.24, 2.45) is 0 Å². The SMILES string of the molecule is CN([C]=O)N1CCOCC1. The van der Waals surface area contributed by atoms with Crippen LogP contribution in [0.25, 0.3) is 0 Å². The lowest BCUT2D eigenvalue weighted by molar-refractivity contribution is -0.0393. The summed E-state index contributed by atoms with van der Waals surface area (Å²) in [5, 5.41) is 3.33. The highest BCUT2D eigenvalue weighted by Gasteiger charge is 2.13. The molecule has 0 aromatic carbocycles. The largest absolute Gasteiger partial charge is 0.379 e. The van der Waals surface area contributed by atoms with Crippen LogP contribution in [0.3, 0.4) is 0 Å². The van der Waals surface area contributed by atoms with Gasteiger partial charge >= 0.3 is 6.41 Å². The molecule has 1 amide bonds. The van der Waals surface area contributed by atoms with Gasteiger partial charge in [0, 0.05) is 20.1 Å². The van der Waals surface area contributed by atoms with E-state index in [2.05, 4.69) is 0 Å². The Morgan fingerprint density at radius 3 is 2.60 bits per heavy atom. The second-order valence-corrected chi connectivity index (χ2v) is 2.18. The number of carbonyl (C=O) groups excluding carboxylic acids is 1. The molecule has 1 heterocycles. The van der Waals surface area contributed by atoms with Gasteiger partial charge in [0.15, 0.2) is 0 Å². The van der Waals surface area contributed by atoms with Gasteiger partial charge in [0.05, 0.1) is 13.2 Å². The number of ether oxygens (including phenoxy) is 1. The molecule has 0 spiro atoms. The normalized spacial score (nSPS) is 20.5. The van der Waals surface area contributed by atoms with Gasteiger partial charge in [-0.15, -0.1) is 0 Å². The maximum absolute atomic E-state index is 10.1. The molecule has 4 nitrogen and oxygen atoms in total. The average molecular weight is 143 g/mol. The van der Waals surface area contributed by atoms with Crippen LogP contribution in [0.5, 0.6) is 0 Å². The van der Waals surface area contributed by atoms with Gasteiger partial charge in [-0.2, -0.15) is 0 Å². The zero-order chi connectivity index (χ0) is 7.40.